The van der Waals surface area contributed by atoms with Crippen molar-refractivity contribution in [3.05, 3.63) is 18.6 Å². The van der Waals surface area contributed by atoms with E-state index in [1.54, 1.807) is 7.05 Å². The normalized spacial score (nSPS) is 11.4. The topological polar surface area (TPSA) is 116 Å². The number of hydrogen-bond donors (Lipinski definition) is 2. The van der Waals surface area contributed by atoms with Crippen molar-refractivity contribution in [2.75, 3.05) is 24.4 Å². The van der Waals surface area contributed by atoms with E-state index in [2.05, 4.69) is 20.4 Å². The van der Waals surface area contributed by atoms with Crippen molar-refractivity contribution in [2.45, 2.75) is 4.90 Å². The highest BCUT2D eigenvalue weighted by Gasteiger charge is 2.24. The van der Waals surface area contributed by atoms with Crippen LogP contribution in [0.3, 0.4) is 0 Å². The van der Waals surface area contributed by atoms with Crippen LogP contribution in [0.15, 0.2) is 23.5 Å². The van der Waals surface area contributed by atoms with Crippen molar-refractivity contribution in [1.29, 1.82) is 0 Å². The lowest BCUT2D eigenvalue weighted by atomic mass is 10.5. The van der Waals surface area contributed by atoms with Gasteiger partial charge in [0.2, 0.25) is 0 Å². The maximum atomic E-state index is 11.7. The number of rotatable bonds is 3. The Bertz CT molecular complexity index is 664. The Morgan fingerprint density at radius 1 is 1.39 bits per heavy atom. The van der Waals surface area contributed by atoms with E-state index in [9.17, 15) is 8.42 Å². The fraction of sp³-hybridized carbons (Fsp3) is 0.222. The molecular weight excluding hydrogens is 256 g/mol. The summed E-state index contributed by atoms with van der Waals surface area (Å²) < 4.78 is 24.6. The molecule has 2 rings (SSSR count). The van der Waals surface area contributed by atoms with Gasteiger partial charge in [0, 0.05) is 25.7 Å². The van der Waals surface area contributed by atoms with E-state index in [1.165, 1.54) is 23.3 Å². The Hall–Kier alpha value is -2.16. The average Bonchev–Trinajstić information content (AvgIpc) is 2.67. The van der Waals surface area contributed by atoms with Crippen molar-refractivity contribution in [3.8, 4) is 5.82 Å². The standard InChI is InChI=1S/C9H12N6O2S/c1-11-9-7(18(2,16)17)8(10)15(14-9)6-5-12-3-4-13-6/h3-5H,10H2,1-2H3,(H,11,14). The van der Waals surface area contributed by atoms with Gasteiger partial charge in [-0.2, -0.15) is 4.68 Å². The number of anilines is 2. The second kappa shape index (κ2) is 4.26. The predicted octanol–water partition coefficient (Wildman–Crippen LogP) is -0.310. The first-order valence-electron chi connectivity index (χ1n) is 4.98. The van der Waals surface area contributed by atoms with Gasteiger partial charge in [-0.15, -0.1) is 5.10 Å². The van der Waals surface area contributed by atoms with Gasteiger partial charge in [-0.05, 0) is 0 Å². The molecule has 2 aromatic heterocycles. The minimum absolute atomic E-state index is 0.00218. The molecule has 0 spiro atoms. The van der Waals surface area contributed by atoms with Gasteiger partial charge < -0.3 is 11.1 Å². The summed E-state index contributed by atoms with van der Waals surface area (Å²) in [6.07, 6.45) is 5.48. The van der Waals surface area contributed by atoms with Crippen molar-refractivity contribution < 1.29 is 8.42 Å². The Morgan fingerprint density at radius 3 is 2.56 bits per heavy atom. The summed E-state index contributed by atoms with van der Waals surface area (Å²) in [5.41, 5.74) is 5.81. The molecule has 0 aliphatic heterocycles. The van der Waals surface area contributed by atoms with Crippen molar-refractivity contribution >= 4 is 21.5 Å². The number of aromatic nitrogens is 4. The van der Waals surface area contributed by atoms with Gasteiger partial charge >= 0.3 is 0 Å². The second-order valence-electron chi connectivity index (χ2n) is 3.56. The van der Waals surface area contributed by atoms with Crippen LogP contribution in [-0.2, 0) is 9.84 Å². The van der Waals surface area contributed by atoms with Crippen LogP contribution in [0.5, 0.6) is 0 Å². The lowest BCUT2D eigenvalue weighted by Gasteiger charge is -2.01. The third kappa shape index (κ3) is 1.99. The molecular formula is C9H12N6O2S. The number of nitrogens with two attached hydrogens (primary N) is 1. The molecule has 0 bridgehead atoms. The first kappa shape index (κ1) is 12.3. The van der Waals surface area contributed by atoms with Gasteiger partial charge in [0.15, 0.2) is 26.4 Å². The average molecular weight is 268 g/mol. The van der Waals surface area contributed by atoms with Crippen LogP contribution in [0.25, 0.3) is 5.82 Å². The maximum absolute atomic E-state index is 11.7. The van der Waals surface area contributed by atoms with Crippen molar-refractivity contribution in [1.82, 2.24) is 19.7 Å². The lowest BCUT2D eigenvalue weighted by molar-refractivity contribution is 0.602. The maximum Gasteiger partial charge on any atom is 0.182 e. The molecule has 96 valence electrons. The molecule has 0 saturated carbocycles. The molecule has 0 aliphatic rings. The summed E-state index contributed by atoms with van der Waals surface area (Å²) in [7, 11) is -1.92. The molecule has 0 amide bonds. The molecule has 2 heterocycles. The summed E-state index contributed by atoms with van der Waals surface area (Å²) >= 11 is 0. The third-order valence-electron chi connectivity index (χ3n) is 2.25. The van der Waals surface area contributed by atoms with Crippen LogP contribution in [0.2, 0.25) is 0 Å². The molecule has 3 N–H and O–H groups in total. The second-order valence-corrected chi connectivity index (χ2v) is 5.51. The number of nitrogens with zero attached hydrogens (tertiary/aromatic N) is 4. The highest BCUT2D eigenvalue weighted by atomic mass is 32.2. The van der Waals surface area contributed by atoms with Crippen LogP contribution < -0.4 is 11.1 Å². The van der Waals surface area contributed by atoms with E-state index in [4.69, 9.17) is 5.73 Å². The fourth-order valence-electron chi connectivity index (χ4n) is 1.52. The number of hydrogen-bond acceptors (Lipinski definition) is 7. The van der Waals surface area contributed by atoms with E-state index in [-0.39, 0.29) is 16.5 Å². The monoisotopic (exact) mass is 268 g/mol. The molecule has 0 aromatic carbocycles. The van der Waals surface area contributed by atoms with Crippen molar-refractivity contribution in [2.24, 2.45) is 0 Å². The number of sulfone groups is 1. The molecule has 2 aromatic rings. The van der Waals surface area contributed by atoms with Gasteiger partial charge in [-0.25, -0.2) is 13.4 Å². The van der Waals surface area contributed by atoms with Gasteiger partial charge in [0.25, 0.3) is 0 Å². The van der Waals surface area contributed by atoms with E-state index in [0.29, 0.717) is 5.82 Å². The smallest absolute Gasteiger partial charge is 0.182 e. The summed E-state index contributed by atoms with van der Waals surface area (Å²) in [4.78, 5) is 7.85. The molecule has 18 heavy (non-hydrogen) atoms. The van der Waals surface area contributed by atoms with Gasteiger partial charge in [-0.3, -0.25) is 4.98 Å². The SMILES string of the molecule is CNc1nn(-c2cnccn2)c(N)c1S(C)(=O)=O. The summed E-state index contributed by atoms with van der Waals surface area (Å²) in [5.74, 6) is 0.532. The third-order valence-corrected chi connectivity index (χ3v) is 3.39. The minimum Gasteiger partial charge on any atom is -0.382 e. The zero-order valence-electron chi connectivity index (χ0n) is 9.82. The van der Waals surface area contributed by atoms with E-state index in [0.717, 1.165) is 6.26 Å². The molecule has 8 nitrogen and oxygen atoms in total. The van der Waals surface area contributed by atoms with E-state index < -0.39 is 9.84 Å². The van der Waals surface area contributed by atoms with Crippen LogP contribution in [0.1, 0.15) is 0 Å². The quantitative estimate of drug-likeness (QED) is 0.784. The van der Waals surface area contributed by atoms with Crippen LogP contribution >= 0.6 is 0 Å². The molecule has 0 atom stereocenters. The molecule has 0 saturated heterocycles. The number of nitrogen functional groups attached to an aromatic ring is 1. The largest absolute Gasteiger partial charge is 0.382 e. The zero-order chi connectivity index (χ0) is 13.3. The van der Waals surface area contributed by atoms with Crippen LogP contribution in [0.4, 0.5) is 11.6 Å². The minimum atomic E-state index is -3.48. The van der Waals surface area contributed by atoms with Gasteiger partial charge in [0.1, 0.15) is 5.82 Å². The summed E-state index contributed by atoms with van der Waals surface area (Å²) in [6.45, 7) is 0. The predicted molar refractivity (Wildman–Crippen MR) is 66.2 cm³/mol. The van der Waals surface area contributed by atoms with Gasteiger partial charge in [0.05, 0.1) is 6.20 Å². The highest BCUT2D eigenvalue weighted by molar-refractivity contribution is 7.91. The van der Waals surface area contributed by atoms with Crippen LogP contribution in [-0.4, -0.2) is 41.5 Å². The Labute approximate surface area is 104 Å². The molecule has 0 aliphatic carbocycles. The highest BCUT2D eigenvalue weighted by Crippen LogP contribution is 2.28. The van der Waals surface area contributed by atoms with E-state index >= 15 is 0 Å². The molecule has 9 heteroatoms. The van der Waals surface area contributed by atoms with Crippen molar-refractivity contribution in [3.63, 3.8) is 0 Å². The Balaban J connectivity index is 2.70. The Kier molecular flexibility index (Phi) is 2.91. The lowest BCUT2D eigenvalue weighted by Crippen LogP contribution is -2.07. The summed E-state index contributed by atoms with van der Waals surface area (Å²) in [5, 5.41) is 6.76. The fourth-order valence-corrected chi connectivity index (χ4v) is 2.48. The first-order chi connectivity index (χ1) is 8.45. The molecule has 0 unspecified atom stereocenters. The zero-order valence-corrected chi connectivity index (χ0v) is 10.6. The summed E-state index contributed by atoms with van der Waals surface area (Å²) in [6, 6.07) is 0. The first-order valence-corrected chi connectivity index (χ1v) is 6.87. The number of nitrogens with one attached hydrogen (secondary N) is 1. The Morgan fingerprint density at radius 2 is 2.11 bits per heavy atom. The van der Waals surface area contributed by atoms with Crippen LogP contribution in [0, 0.1) is 0 Å². The molecule has 0 radical (unpaired) electrons. The van der Waals surface area contributed by atoms with Gasteiger partial charge in [-0.1, -0.05) is 0 Å². The molecule has 0 fully saturated rings. The van der Waals surface area contributed by atoms with E-state index in [1.807, 2.05) is 0 Å².